The summed E-state index contributed by atoms with van der Waals surface area (Å²) in [4.78, 5) is 20.8. The zero-order valence-corrected chi connectivity index (χ0v) is 14.3. The van der Waals surface area contributed by atoms with Crippen LogP contribution in [0.3, 0.4) is 0 Å². The van der Waals surface area contributed by atoms with Gasteiger partial charge in [-0.3, -0.25) is 4.79 Å². The van der Waals surface area contributed by atoms with Crippen molar-refractivity contribution >= 4 is 34.8 Å². The average Bonchev–Trinajstić information content (AvgIpc) is 2.60. The van der Waals surface area contributed by atoms with E-state index >= 15 is 0 Å². The molecule has 0 spiro atoms. The molecule has 0 saturated carbocycles. The van der Waals surface area contributed by atoms with Gasteiger partial charge in [0.25, 0.3) is 5.91 Å². The number of carbonyl (C=O) groups is 1. The summed E-state index contributed by atoms with van der Waals surface area (Å²) >= 11 is 11.9. The van der Waals surface area contributed by atoms with Crippen LogP contribution in [0.5, 0.6) is 0 Å². The van der Waals surface area contributed by atoms with Gasteiger partial charge in [-0.25, -0.2) is 9.97 Å². The highest BCUT2D eigenvalue weighted by Gasteiger charge is 2.11. The molecule has 2 aromatic carbocycles. The van der Waals surface area contributed by atoms with Gasteiger partial charge in [-0.1, -0.05) is 29.3 Å². The molecule has 0 aliphatic heterocycles. The summed E-state index contributed by atoms with van der Waals surface area (Å²) in [6.45, 7) is 1.85. The van der Waals surface area contributed by atoms with Gasteiger partial charge in [0.1, 0.15) is 0 Å². The maximum absolute atomic E-state index is 12.3. The minimum absolute atomic E-state index is 0.289. The second-order valence-corrected chi connectivity index (χ2v) is 6.01. The topological polar surface area (TPSA) is 54.9 Å². The molecule has 0 aliphatic rings. The smallest absolute Gasteiger partial charge is 0.258 e. The summed E-state index contributed by atoms with van der Waals surface area (Å²) in [6, 6.07) is 12.5. The molecular weight excluding hydrogens is 345 g/mol. The molecule has 3 rings (SSSR count). The third kappa shape index (κ3) is 3.55. The van der Waals surface area contributed by atoms with Gasteiger partial charge in [-0.05, 0) is 48.9 Å². The van der Waals surface area contributed by atoms with Gasteiger partial charge in [0.15, 0.2) is 5.82 Å². The van der Waals surface area contributed by atoms with Gasteiger partial charge in [-0.15, -0.1) is 0 Å². The number of aromatic nitrogens is 2. The number of hydrogen-bond donors (Lipinski definition) is 1. The van der Waals surface area contributed by atoms with Crippen LogP contribution in [-0.2, 0) is 0 Å². The molecule has 4 nitrogen and oxygen atoms in total. The Bertz CT molecular complexity index is 878. The average molecular weight is 358 g/mol. The van der Waals surface area contributed by atoms with E-state index < -0.39 is 0 Å². The van der Waals surface area contributed by atoms with E-state index in [0.717, 1.165) is 11.1 Å². The number of amides is 1. The van der Waals surface area contributed by atoms with Gasteiger partial charge in [0, 0.05) is 33.7 Å². The van der Waals surface area contributed by atoms with Crippen molar-refractivity contribution in [2.24, 2.45) is 0 Å². The number of nitrogens with zero attached hydrogens (tertiary/aromatic N) is 2. The van der Waals surface area contributed by atoms with Crippen molar-refractivity contribution in [2.45, 2.75) is 6.92 Å². The summed E-state index contributed by atoms with van der Waals surface area (Å²) in [5, 5.41) is 4.06. The molecule has 0 bridgehead atoms. The Kier molecular flexibility index (Phi) is 4.79. The van der Waals surface area contributed by atoms with Crippen molar-refractivity contribution in [2.75, 3.05) is 5.32 Å². The third-order valence-electron chi connectivity index (χ3n) is 3.53. The van der Waals surface area contributed by atoms with E-state index in [4.69, 9.17) is 23.2 Å². The highest BCUT2D eigenvalue weighted by atomic mass is 35.5. The Labute approximate surface area is 149 Å². The second kappa shape index (κ2) is 6.99. The Hall–Kier alpha value is -2.43. The van der Waals surface area contributed by atoms with Crippen LogP contribution in [0, 0.1) is 6.92 Å². The highest BCUT2D eigenvalue weighted by Crippen LogP contribution is 2.23. The Morgan fingerprint density at radius 1 is 1.00 bits per heavy atom. The van der Waals surface area contributed by atoms with E-state index in [0.29, 0.717) is 27.1 Å². The lowest BCUT2D eigenvalue weighted by Crippen LogP contribution is -2.13. The van der Waals surface area contributed by atoms with Crippen molar-refractivity contribution in [3.63, 3.8) is 0 Å². The second-order valence-electron chi connectivity index (χ2n) is 5.17. The van der Waals surface area contributed by atoms with E-state index in [2.05, 4.69) is 15.3 Å². The van der Waals surface area contributed by atoms with E-state index in [1.807, 2.05) is 19.1 Å². The van der Waals surface area contributed by atoms with E-state index in [1.54, 1.807) is 30.3 Å². The van der Waals surface area contributed by atoms with Crippen LogP contribution in [0.4, 0.5) is 5.69 Å². The fraction of sp³-hybridized carbons (Fsp3) is 0.0556. The fourth-order valence-electron chi connectivity index (χ4n) is 2.13. The lowest BCUT2D eigenvalue weighted by Gasteiger charge is -2.09. The Morgan fingerprint density at radius 3 is 2.33 bits per heavy atom. The molecule has 0 saturated heterocycles. The van der Waals surface area contributed by atoms with E-state index in [-0.39, 0.29) is 5.91 Å². The summed E-state index contributed by atoms with van der Waals surface area (Å²) in [7, 11) is 0. The molecule has 0 atom stereocenters. The van der Waals surface area contributed by atoms with Crippen LogP contribution in [0.25, 0.3) is 11.4 Å². The molecular formula is C18H13Cl2N3O. The minimum Gasteiger partial charge on any atom is -0.322 e. The van der Waals surface area contributed by atoms with E-state index in [1.165, 1.54) is 12.4 Å². The van der Waals surface area contributed by atoms with Gasteiger partial charge in [0.2, 0.25) is 0 Å². The van der Waals surface area contributed by atoms with E-state index in [9.17, 15) is 4.79 Å². The van der Waals surface area contributed by atoms with Gasteiger partial charge in [0.05, 0.1) is 5.56 Å². The number of hydrogen-bond acceptors (Lipinski definition) is 3. The van der Waals surface area contributed by atoms with Gasteiger partial charge < -0.3 is 5.32 Å². The monoisotopic (exact) mass is 357 g/mol. The largest absolute Gasteiger partial charge is 0.322 e. The first-order valence-corrected chi connectivity index (χ1v) is 7.94. The summed E-state index contributed by atoms with van der Waals surface area (Å²) in [5.41, 5.74) is 2.67. The maximum Gasteiger partial charge on any atom is 0.258 e. The number of anilines is 1. The van der Waals surface area contributed by atoms with Crippen molar-refractivity contribution in [3.05, 3.63) is 76.0 Å². The predicted octanol–water partition coefficient (Wildman–Crippen LogP) is 5.01. The molecule has 120 valence electrons. The summed E-state index contributed by atoms with van der Waals surface area (Å²) in [5.74, 6) is 0.241. The van der Waals surface area contributed by atoms with Gasteiger partial charge >= 0.3 is 0 Å². The first kappa shape index (κ1) is 16.4. The predicted molar refractivity (Wildman–Crippen MR) is 96.6 cm³/mol. The molecule has 0 unspecified atom stereocenters. The number of rotatable bonds is 3. The lowest BCUT2D eigenvalue weighted by molar-refractivity contribution is 0.102. The Balaban J connectivity index is 1.79. The molecule has 0 aliphatic carbocycles. The number of halogens is 2. The van der Waals surface area contributed by atoms with Crippen molar-refractivity contribution < 1.29 is 4.79 Å². The molecule has 3 aromatic rings. The van der Waals surface area contributed by atoms with Crippen molar-refractivity contribution in [3.8, 4) is 11.4 Å². The summed E-state index contributed by atoms with van der Waals surface area (Å²) in [6.07, 6.45) is 2.98. The summed E-state index contributed by atoms with van der Waals surface area (Å²) < 4.78 is 0. The molecule has 0 radical (unpaired) electrons. The first-order chi connectivity index (χ1) is 11.5. The highest BCUT2D eigenvalue weighted by molar-refractivity contribution is 6.32. The molecule has 0 fully saturated rings. The molecule has 1 amide bonds. The number of nitrogens with one attached hydrogen (secondary N) is 1. The minimum atomic E-state index is -0.289. The standard InChI is InChI=1S/C18H13Cl2N3O/c1-11-15(20)3-2-4-16(11)23-18(24)13-9-21-17(22-10-13)12-5-7-14(19)8-6-12/h2-10H,1H3,(H,23,24). The molecule has 1 N–H and O–H groups in total. The zero-order chi connectivity index (χ0) is 17.1. The Morgan fingerprint density at radius 2 is 1.67 bits per heavy atom. The first-order valence-electron chi connectivity index (χ1n) is 7.19. The molecule has 24 heavy (non-hydrogen) atoms. The fourth-order valence-corrected chi connectivity index (χ4v) is 2.43. The van der Waals surface area contributed by atoms with Crippen LogP contribution in [0.1, 0.15) is 15.9 Å². The van der Waals surface area contributed by atoms with Crippen molar-refractivity contribution in [1.82, 2.24) is 9.97 Å². The quantitative estimate of drug-likeness (QED) is 0.716. The lowest BCUT2D eigenvalue weighted by atomic mass is 10.2. The van der Waals surface area contributed by atoms with Crippen LogP contribution in [0.15, 0.2) is 54.9 Å². The van der Waals surface area contributed by atoms with Crippen LogP contribution in [-0.4, -0.2) is 15.9 Å². The zero-order valence-electron chi connectivity index (χ0n) is 12.8. The molecule has 1 aromatic heterocycles. The van der Waals surface area contributed by atoms with Crippen LogP contribution >= 0.6 is 23.2 Å². The molecule has 1 heterocycles. The number of benzene rings is 2. The third-order valence-corrected chi connectivity index (χ3v) is 4.19. The number of carbonyl (C=O) groups excluding carboxylic acids is 1. The molecule has 6 heteroatoms. The van der Waals surface area contributed by atoms with Gasteiger partial charge in [-0.2, -0.15) is 0 Å². The normalized spacial score (nSPS) is 10.5. The van der Waals surface area contributed by atoms with Crippen molar-refractivity contribution in [1.29, 1.82) is 0 Å². The maximum atomic E-state index is 12.3. The van der Waals surface area contributed by atoms with Crippen LogP contribution in [0.2, 0.25) is 10.0 Å². The van der Waals surface area contributed by atoms with Crippen LogP contribution < -0.4 is 5.32 Å². The SMILES string of the molecule is Cc1c(Cl)cccc1NC(=O)c1cnc(-c2ccc(Cl)cc2)nc1.